The highest BCUT2D eigenvalue weighted by Gasteiger charge is 2.36. The molecule has 3 rings (SSSR count). The second kappa shape index (κ2) is 5.13. The van der Waals surface area contributed by atoms with Crippen molar-refractivity contribution in [1.82, 2.24) is 9.55 Å². The molecule has 0 radical (unpaired) electrons. The number of rotatable bonds is 2. The van der Waals surface area contributed by atoms with Crippen molar-refractivity contribution >= 4 is 11.7 Å². The Morgan fingerprint density at radius 1 is 1.50 bits per heavy atom. The fourth-order valence-corrected chi connectivity index (χ4v) is 2.54. The van der Waals surface area contributed by atoms with Gasteiger partial charge >= 0.3 is 0 Å². The van der Waals surface area contributed by atoms with Gasteiger partial charge < -0.3 is 25.4 Å². The molecule has 0 unspecified atom stereocenters. The van der Waals surface area contributed by atoms with Crippen LogP contribution in [0.2, 0.25) is 0 Å². The zero-order chi connectivity index (χ0) is 14.3. The van der Waals surface area contributed by atoms with Crippen molar-refractivity contribution in [3.05, 3.63) is 12.0 Å². The van der Waals surface area contributed by atoms with Gasteiger partial charge in [-0.3, -0.25) is 9.56 Å². The van der Waals surface area contributed by atoms with Gasteiger partial charge in [0.1, 0.15) is 29.9 Å². The lowest BCUT2D eigenvalue weighted by Gasteiger charge is -2.17. The monoisotopic (exact) mass is 282 g/mol. The van der Waals surface area contributed by atoms with Crippen LogP contribution in [0.15, 0.2) is 11.3 Å². The van der Waals surface area contributed by atoms with E-state index < -0.39 is 24.5 Å². The van der Waals surface area contributed by atoms with Crippen molar-refractivity contribution < 1.29 is 20.1 Å². The van der Waals surface area contributed by atoms with Crippen LogP contribution in [0, 0.1) is 0 Å². The van der Waals surface area contributed by atoms with Crippen molar-refractivity contribution in [2.45, 2.75) is 37.9 Å². The molecular weight excluding hydrogens is 264 g/mol. The van der Waals surface area contributed by atoms with Crippen molar-refractivity contribution in [2.24, 2.45) is 4.99 Å². The van der Waals surface area contributed by atoms with Gasteiger partial charge in [-0.2, -0.15) is 0 Å². The first-order valence-electron chi connectivity index (χ1n) is 6.57. The fraction of sp³-hybridized carbons (Fsp3) is 0.667. The molecule has 0 saturated carbocycles. The van der Waals surface area contributed by atoms with E-state index in [0.717, 1.165) is 0 Å². The number of aromatic nitrogens is 2. The average Bonchev–Trinajstić information content (AvgIpc) is 2.96. The van der Waals surface area contributed by atoms with Crippen molar-refractivity contribution in [3.8, 4) is 0 Å². The number of aliphatic hydroxyl groups excluding tert-OH is 3. The molecule has 0 spiro atoms. The summed E-state index contributed by atoms with van der Waals surface area (Å²) in [6.07, 6.45) is -0.573. The van der Waals surface area contributed by atoms with Crippen molar-refractivity contribution in [1.29, 1.82) is 0 Å². The molecule has 1 aromatic rings. The average molecular weight is 282 g/mol. The summed E-state index contributed by atoms with van der Waals surface area (Å²) in [5.41, 5.74) is 0.510. The number of aliphatic imine (C=N–C) groups is 1. The Morgan fingerprint density at radius 2 is 2.30 bits per heavy atom. The maximum atomic E-state index is 10.0. The van der Waals surface area contributed by atoms with Crippen LogP contribution in [0.4, 0.5) is 5.82 Å². The number of hydrogen-bond acceptors (Lipinski definition) is 7. The minimum Gasteiger partial charge on any atom is -0.394 e. The number of fused-ring (bicyclic) bond motifs is 1. The number of anilines is 1. The third kappa shape index (κ3) is 2.20. The van der Waals surface area contributed by atoms with Gasteiger partial charge in [0.15, 0.2) is 0 Å². The smallest absolute Gasteiger partial charge is 0.139 e. The first kappa shape index (κ1) is 13.5. The first-order chi connectivity index (χ1) is 9.60. The highest BCUT2D eigenvalue weighted by Crippen LogP contribution is 2.34. The van der Waals surface area contributed by atoms with Crippen LogP contribution in [0.25, 0.3) is 0 Å². The number of ether oxygens (including phenoxy) is 1. The zero-order valence-corrected chi connectivity index (χ0v) is 11.1. The Bertz CT molecular complexity index is 530. The van der Waals surface area contributed by atoms with Crippen LogP contribution < -0.4 is 5.32 Å². The summed E-state index contributed by atoms with van der Waals surface area (Å²) in [4.78, 5) is 8.38. The highest BCUT2D eigenvalue weighted by molar-refractivity contribution is 5.93. The Hall–Kier alpha value is -1.48. The summed E-state index contributed by atoms with van der Waals surface area (Å²) < 4.78 is 7.33. The van der Waals surface area contributed by atoms with Crippen LogP contribution in [-0.2, 0) is 4.74 Å². The molecule has 0 aromatic carbocycles. The van der Waals surface area contributed by atoms with Gasteiger partial charge in [-0.05, 0) is 6.92 Å². The molecule has 2 aliphatic rings. The Balaban J connectivity index is 1.91. The third-order valence-corrected chi connectivity index (χ3v) is 3.63. The van der Waals surface area contributed by atoms with Crippen LogP contribution in [0.1, 0.15) is 31.4 Å². The summed E-state index contributed by atoms with van der Waals surface area (Å²) in [5.74, 6) is 1.30. The largest absolute Gasteiger partial charge is 0.394 e. The van der Waals surface area contributed by atoms with E-state index in [9.17, 15) is 10.2 Å². The molecule has 3 heterocycles. The van der Waals surface area contributed by atoms with Crippen molar-refractivity contribution in [3.63, 3.8) is 0 Å². The number of amidine groups is 1. The van der Waals surface area contributed by atoms with Gasteiger partial charge in [0, 0.05) is 6.42 Å². The molecule has 0 aliphatic carbocycles. The summed E-state index contributed by atoms with van der Waals surface area (Å²) in [7, 11) is 0. The van der Waals surface area contributed by atoms with E-state index in [2.05, 4.69) is 15.3 Å². The summed E-state index contributed by atoms with van der Waals surface area (Å²) in [5, 5.41) is 32.0. The molecule has 8 nitrogen and oxygen atoms in total. The molecule has 2 aliphatic heterocycles. The van der Waals surface area contributed by atoms with Gasteiger partial charge in [-0.25, -0.2) is 4.98 Å². The predicted molar refractivity (Wildman–Crippen MR) is 70.4 cm³/mol. The fourth-order valence-electron chi connectivity index (χ4n) is 2.54. The topological polar surface area (TPSA) is 112 Å². The summed E-state index contributed by atoms with van der Waals surface area (Å²) in [6, 6.07) is 0. The van der Waals surface area contributed by atoms with E-state index >= 15 is 0 Å². The van der Waals surface area contributed by atoms with Crippen LogP contribution in [0.3, 0.4) is 0 Å². The summed E-state index contributed by atoms with van der Waals surface area (Å²) in [6.45, 7) is 1.83. The molecule has 0 amide bonds. The molecule has 4 atom stereocenters. The minimum absolute atomic E-state index is 0.231. The standard InChI is InChI=1S/C12H18N4O4/c1-6-13-3-8(19)11-12(15-6)16(5-14-11)10-2-7(18)9(4-17)20-10/h5,7-10,17-19H,2-4H2,1H3,(H,13,15)/t7-,8+,9+,10+/m0/s1. The molecule has 1 aromatic heterocycles. The van der Waals surface area contributed by atoms with E-state index in [0.29, 0.717) is 23.8 Å². The zero-order valence-electron chi connectivity index (χ0n) is 11.1. The van der Waals surface area contributed by atoms with Crippen LogP contribution in [0.5, 0.6) is 0 Å². The Kier molecular flexibility index (Phi) is 3.47. The van der Waals surface area contributed by atoms with Gasteiger partial charge in [0.25, 0.3) is 0 Å². The summed E-state index contributed by atoms with van der Waals surface area (Å²) >= 11 is 0. The van der Waals surface area contributed by atoms with E-state index in [1.807, 2.05) is 0 Å². The lowest BCUT2D eigenvalue weighted by Crippen LogP contribution is -2.24. The van der Waals surface area contributed by atoms with Gasteiger partial charge in [-0.1, -0.05) is 0 Å². The van der Waals surface area contributed by atoms with E-state index in [4.69, 9.17) is 9.84 Å². The number of nitrogens with zero attached hydrogens (tertiary/aromatic N) is 3. The molecule has 20 heavy (non-hydrogen) atoms. The van der Waals surface area contributed by atoms with E-state index in [1.54, 1.807) is 17.8 Å². The Morgan fingerprint density at radius 3 is 3.00 bits per heavy atom. The van der Waals surface area contributed by atoms with Crippen molar-refractivity contribution in [2.75, 3.05) is 18.5 Å². The molecular formula is C12H18N4O4. The number of imidazole rings is 1. The molecule has 110 valence electrons. The van der Waals surface area contributed by atoms with Gasteiger partial charge in [0.2, 0.25) is 0 Å². The molecule has 1 fully saturated rings. The first-order valence-corrected chi connectivity index (χ1v) is 6.57. The van der Waals surface area contributed by atoms with E-state index in [-0.39, 0.29) is 13.2 Å². The Labute approximate surface area is 115 Å². The van der Waals surface area contributed by atoms with Crippen LogP contribution in [-0.4, -0.2) is 56.1 Å². The quantitative estimate of drug-likeness (QED) is 0.576. The number of aliphatic hydroxyl groups is 3. The lowest BCUT2D eigenvalue weighted by molar-refractivity contribution is -0.0437. The highest BCUT2D eigenvalue weighted by atomic mass is 16.5. The van der Waals surface area contributed by atoms with E-state index in [1.165, 1.54) is 0 Å². The molecule has 8 heteroatoms. The second-order valence-electron chi connectivity index (χ2n) is 5.07. The molecule has 1 saturated heterocycles. The number of nitrogens with one attached hydrogen (secondary N) is 1. The normalized spacial score (nSPS) is 33.3. The maximum absolute atomic E-state index is 10.0. The second-order valence-corrected chi connectivity index (χ2v) is 5.07. The molecule has 4 N–H and O–H groups in total. The minimum atomic E-state index is -0.767. The third-order valence-electron chi connectivity index (χ3n) is 3.63. The lowest BCUT2D eigenvalue weighted by atomic mass is 10.2. The number of hydrogen-bond donors (Lipinski definition) is 4. The maximum Gasteiger partial charge on any atom is 0.139 e. The predicted octanol–water partition coefficient (Wildman–Crippen LogP) is -0.599. The van der Waals surface area contributed by atoms with Crippen LogP contribution >= 0.6 is 0 Å². The SMILES string of the molecule is CC1=NC[C@@H](O)c2ncn([C@H]3C[C@H](O)[C@@H](CO)O3)c2N1. The van der Waals surface area contributed by atoms with Gasteiger partial charge in [0.05, 0.1) is 31.4 Å². The van der Waals surface area contributed by atoms with Gasteiger partial charge in [-0.15, -0.1) is 0 Å². The molecule has 0 bridgehead atoms.